The molecule has 2 atom stereocenters. The highest BCUT2D eigenvalue weighted by molar-refractivity contribution is 7.84. The minimum atomic E-state index is -1.02. The average Bonchev–Trinajstić information content (AvgIpc) is 2.36. The summed E-state index contributed by atoms with van der Waals surface area (Å²) < 4.78 is 15.1. The summed E-state index contributed by atoms with van der Waals surface area (Å²) in [6.45, 7) is 9.74. The molecule has 0 saturated carbocycles. The van der Waals surface area contributed by atoms with Crippen LogP contribution in [0.5, 0.6) is 0 Å². The Morgan fingerprint density at radius 1 is 1.32 bits per heavy atom. The minimum Gasteiger partial charge on any atom is -0.242 e. The van der Waals surface area contributed by atoms with Crippen LogP contribution in [0.2, 0.25) is 0 Å². The summed E-state index contributed by atoms with van der Waals surface area (Å²) in [6.07, 6.45) is 4.70. The summed E-state index contributed by atoms with van der Waals surface area (Å²) in [5, 5.41) is 0. The first-order valence-electron chi connectivity index (χ1n) is 6.76. The molecule has 1 unspecified atom stereocenters. The van der Waals surface area contributed by atoms with Gasteiger partial charge in [-0.25, -0.2) is 8.93 Å². The van der Waals surface area contributed by atoms with Gasteiger partial charge in [0, 0.05) is 6.04 Å². The SMILES string of the molecule is C=CC[C@@H](CCc1ccccc1)NS(=O)C(C)(C)C. The zero-order chi connectivity index (χ0) is 14.3. The van der Waals surface area contributed by atoms with Gasteiger partial charge in [0.2, 0.25) is 0 Å². The van der Waals surface area contributed by atoms with Gasteiger partial charge >= 0.3 is 0 Å². The molecule has 106 valence electrons. The van der Waals surface area contributed by atoms with E-state index in [0.29, 0.717) is 0 Å². The van der Waals surface area contributed by atoms with E-state index in [0.717, 1.165) is 19.3 Å². The second-order valence-corrected chi connectivity index (χ2v) is 7.74. The maximum atomic E-state index is 12.1. The number of nitrogens with one attached hydrogen (secondary N) is 1. The van der Waals surface area contributed by atoms with Crippen molar-refractivity contribution < 1.29 is 4.21 Å². The fourth-order valence-corrected chi connectivity index (χ4v) is 2.61. The van der Waals surface area contributed by atoms with Crippen LogP contribution in [-0.2, 0) is 17.4 Å². The third-order valence-corrected chi connectivity index (χ3v) is 4.57. The molecular formula is C16H25NOS. The first kappa shape index (κ1) is 16.1. The number of hydrogen-bond donors (Lipinski definition) is 1. The van der Waals surface area contributed by atoms with Crippen LogP contribution in [0.3, 0.4) is 0 Å². The Balaban J connectivity index is 2.53. The minimum absolute atomic E-state index is 0.220. The lowest BCUT2D eigenvalue weighted by molar-refractivity contribution is 0.554. The van der Waals surface area contributed by atoms with Crippen LogP contribution in [0.25, 0.3) is 0 Å². The van der Waals surface area contributed by atoms with Crippen molar-refractivity contribution in [1.82, 2.24) is 4.72 Å². The molecular weight excluding hydrogens is 254 g/mol. The molecule has 0 aliphatic rings. The van der Waals surface area contributed by atoms with Gasteiger partial charge in [-0.2, -0.15) is 0 Å². The first-order valence-corrected chi connectivity index (χ1v) is 7.91. The van der Waals surface area contributed by atoms with Gasteiger partial charge in [0.05, 0.1) is 15.7 Å². The summed E-state index contributed by atoms with van der Waals surface area (Å²) in [7, 11) is -1.02. The fraction of sp³-hybridized carbons (Fsp3) is 0.500. The molecule has 1 N–H and O–H groups in total. The molecule has 0 spiro atoms. The van der Waals surface area contributed by atoms with E-state index in [1.54, 1.807) is 0 Å². The molecule has 0 fully saturated rings. The third-order valence-electron chi connectivity index (χ3n) is 2.91. The maximum absolute atomic E-state index is 12.1. The summed E-state index contributed by atoms with van der Waals surface area (Å²) >= 11 is 0. The second-order valence-electron chi connectivity index (χ2n) is 5.74. The Bertz CT molecular complexity index is 409. The molecule has 0 amide bonds. The Morgan fingerprint density at radius 3 is 2.47 bits per heavy atom. The molecule has 3 heteroatoms. The van der Waals surface area contributed by atoms with E-state index in [1.165, 1.54) is 5.56 Å². The van der Waals surface area contributed by atoms with Crippen molar-refractivity contribution in [2.75, 3.05) is 0 Å². The lowest BCUT2D eigenvalue weighted by atomic mass is 10.0. The summed E-state index contributed by atoms with van der Waals surface area (Å²) in [5.41, 5.74) is 1.32. The van der Waals surface area contributed by atoms with Crippen LogP contribution < -0.4 is 4.72 Å². The van der Waals surface area contributed by atoms with Crippen LogP contribution in [0.1, 0.15) is 39.2 Å². The van der Waals surface area contributed by atoms with Crippen molar-refractivity contribution >= 4 is 11.0 Å². The smallest absolute Gasteiger partial charge is 0.0972 e. The summed E-state index contributed by atoms with van der Waals surface area (Å²) in [6, 6.07) is 10.6. The van der Waals surface area contributed by atoms with Gasteiger partial charge < -0.3 is 0 Å². The van der Waals surface area contributed by atoms with Crippen molar-refractivity contribution in [3.8, 4) is 0 Å². The van der Waals surface area contributed by atoms with E-state index in [-0.39, 0.29) is 10.8 Å². The molecule has 0 bridgehead atoms. The van der Waals surface area contributed by atoms with E-state index in [4.69, 9.17) is 0 Å². The predicted molar refractivity (Wildman–Crippen MR) is 84.4 cm³/mol. The molecule has 1 rings (SSSR count). The molecule has 19 heavy (non-hydrogen) atoms. The number of aryl methyl sites for hydroxylation is 1. The second kappa shape index (κ2) is 7.61. The Hall–Kier alpha value is -0.930. The van der Waals surface area contributed by atoms with E-state index >= 15 is 0 Å². The van der Waals surface area contributed by atoms with Crippen molar-refractivity contribution in [2.24, 2.45) is 0 Å². The largest absolute Gasteiger partial charge is 0.242 e. The highest BCUT2D eigenvalue weighted by atomic mass is 32.2. The molecule has 0 aliphatic heterocycles. The van der Waals surface area contributed by atoms with E-state index in [9.17, 15) is 4.21 Å². The highest BCUT2D eigenvalue weighted by Crippen LogP contribution is 2.13. The van der Waals surface area contributed by atoms with Crippen LogP contribution in [0, 0.1) is 0 Å². The highest BCUT2D eigenvalue weighted by Gasteiger charge is 2.22. The van der Waals surface area contributed by atoms with Gasteiger partial charge in [-0.05, 0) is 45.6 Å². The molecule has 0 saturated heterocycles. The van der Waals surface area contributed by atoms with Crippen LogP contribution in [0.4, 0.5) is 0 Å². The molecule has 0 aromatic heterocycles. The van der Waals surface area contributed by atoms with Gasteiger partial charge in [-0.1, -0.05) is 36.4 Å². The van der Waals surface area contributed by atoms with E-state index in [1.807, 2.05) is 32.9 Å². The Labute approximate surface area is 119 Å². The summed E-state index contributed by atoms with van der Waals surface area (Å²) in [4.78, 5) is 0. The number of benzene rings is 1. The fourth-order valence-electron chi connectivity index (χ4n) is 1.74. The Morgan fingerprint density at radius 2 is 1.95 bits per heavy atom. The van der Waals surface area contributed by atoms with Crippen LogP contribution >= 0.6 is 0 Å². The van der Waals surface area contributed by atoms with Crippen LogP contribution in [-0.4, -0.2) is 15.0 Å². The lowest BCUT2D eigenvalue weighted by Gasteiger charge is -2.23. The van der Waals surface area contributed by atoms with Gasteiger partial charge in [0.1, 0.15) is 0 Å². The van der Waals surface area contributed by atoms with Crippen molar-refractivity contribution in [3.63, 3.8) is 0 Å². The first-order chi connectivity index (χ1) is 8.93. The molecule has 1 aromatic carbocycles. The lowest BCUT2D eigenvalue weighted by Crippen LogP contribution is -2.39. The molecule has 0 heterocycles. The topological polar surface area (TPSA) is 29.1 Å². The monoisotopic (exact) mass is 279 g/mol. The summed E-state index contributed by atoms with van der Waals surface area (Å²) in [5.74, 6) is 0. The normalized spacial score (nSPS) is 14.9. The van der Waals surface area contributed by atoms with E-state index < -0.39 is 11.0 Å². The van der Waals surface area contributed by atoms with Gasteiger partial charge in [0.25, 0.3) is 0 Å². The van der Waals surface area contributed by atoms with Gasteiger partial charge in [0.15, 0.2) is 0 Å². The maximum Gasteiger partial charge on any atom is 0.0972 e. The zero-order valence-corrected chi connectivity index (χ0v) is 13.0. The van der Waals surface area contributed by atoms with E-state index in [2.05, 4.69) is 35.6 Å². The quantitative estimate of drug-likeness (QED) is 0.759. The molecule has 2 nitrogen and oxygen atoms in total. The number of hydrogen-bond acceptors (Lipinski definition) is 1. The van der Waals surface area contributed by atoms with Crippen molar-refractivity contribution in [2.45, 2.75) is 50.8 Å². The zero-order valence-electron chi connectivity index (χ0n) is 12.2. The number of rotatable bonds is 7. The van der Waals surface area contributed by atoms with Crippen LogP contribution in [0.15, 0.2) is 43.0 Å². The van der Waals surface area contributed by atoms with Gasteiger partial charge in [-0.15, -0.1) is 6.58 Å². The van der Waals surface area contributed by atoms with Crippen molar-refractivity contribution in [3.05, 3.63) is 48.6 Å². The molecule has 1 aromatic rings. The predicted octanol–water partition coefficient (Wildman–Crippen LogP) is 3.62. The Kier molecular flexibility index (Phi) is 6.46. The third kappa shape index (κ3) is 6.17. The molecule has 0 radical (unpaired) electrons. The average molecular weight is 279 g/mol. The molecule has 0 aliphatic carbocycles. The van der Waals surface area contributed by atoms with Gasteiger partial charge in [-0.3, -0.25) is 0 Å². The standard InChI is InChI=1S/C16H25NOS/c1-5-9-15(17-19(18)16(2,3)4)13-12-14-10-7-6-8-11-14/h5-8,10-11,15,17H,1,9,12-13H2,2-4H3/t15-,19?/m0/s1. The van der Waals surface area contributed by atoms with Crippen molar-refractivity contribution in [1.29, 1.82) is 0 Å².